The van der Waals surface area contributed by atoms with Gasteiger partial charge in [-0.15, -0.1) is 0 Å². The number of nitrogens with one attached hydrogen (secondary N) is 1. The molecule has 8 atom stereocenters. The summed E-state index contributed by atoms with van der Waals surface area (Å²) in [6.07, 6.45) is 23.5. The van der Waals surface area contributed by atoms with Crippen LogP contribution in [0.15, 0.2) is 36.0 Å². The van der Waals surface area contributed by atoms with Crippen molar-refractivity contribution in [3.8, 4) is 0 Å². The van der Waals surface area contributed by atoms with Gasteiger partial charge in [0.05, 0.1) is 25.4 Å². The predicted octanol–water partition coefficient (Wildman–Crippen LogP) is 6.30. The number of hydrogen-bond acceptors (Lipinski definition) is 9. The standard InChI is InChI=1S/C41H75NO9/c1-4-6-8-10-12-13-14-15-16-18-20-24-29-35(45)40(49)42-33(31-50-41-39(48)38(47)37(46)36(30-43)51-41)34(44)28-25-21-23-27-32(3)26-22-19-17-11-9-7-5-2/h24-25,27-29,33-39,41,43-48H,4-23,26,30-31H2,1-3H3,(H,42,49)/b28-25+,29-24+,32-27+/t33?,34?,35?,36-,37-,38+,39-,41-/m1/s1. The Labute approximate surface area is 309 Å². The van der Waals surface area contributed by atoms with E-state index in [0.29, 0.717) is 6.42 Å². The number of hydrogen-bond donors (Lipinski definition) is 7. The van der Waals surface area contributed by atoms with E-state index in [2.05, 4.69) is 32.2 Å². The van der Waals surface area contributed by atoms with Crippen molar-refractivity contribution in [1.82, 2.24) is 5.32 Å². The molecule has 0 aromatic rings. The van der Waals surface area contributed by atoms with Gasteiger partial charge in [-0.25, -0.2) is 0 Å². The van der Waals surface area contributed by atoms with Crippen molar-refractivity contribution in [2.24, 2.45) is 0 Å². The summed E-state index contributed by atoms with van der Waals surface area (Å²) < 4.78 is 11.1. The molecule has 1 rings (SSSR count). The Bertz CT molecular complexity index is 940. The smallest absolute Gasteiger partial charge is 0.253 e. The Hall–Kier alpha value is -1.63. The lowest BCUT2D eigenvalue weighted by atomic mass is 9.99. The van der Waals surface area contributed by atoms with Crippen LogP contribution in [-0.4, -0.2) is 98.7 Å². The molecule has 3 unspecified atom stereocenters. The normalized spacial score (nSPS) is 23.2. The molecule has 0 aliphatic carbocycles. The number of unbranched alkanes of at least 4 members (excludes halogenated alkanes) is 17. The third-order valence-corrected chi connectivity index (χ3v) is 9.67. The Balaban J connectivity index is 2.63. The maximum atomic E-state index is 12.9. The number of amides is 1. The van der Waals surface area contributed by atoms with Crippen LogP contribution in [0.5, 0.6) is 0 Å². The van der Waals surface area contributed by atoms with E-state index in [9.17, 15) is 35.4 Å². The molecule has 1 heterocycles. The summed E-state index contributed by atoms with van der Waals surface area (Å²) in [4.78, 5) is 12.9. The van der Waals surface area contributed by atoms with Crippen LogP contribution in [0.4, 0.5) is 0 Å². The number of carbonyl (C=O) groups is 1. The van der Waals surface area contributed by atoms with Gasteiger partial charge in [0.2, 0.25) is 0 Å². The van der Waals surface area contributed by atoms with Crippen LogP contribution >= 0.6 is 0 Å². The number of rotatable bonds is 31. The molecule has 10 nitrogen and oxygen atoms in total. The third-order valence-electron chi connectivity index (χ3n) is 9.67. The molecule has 1 fully saturated rings. The molecule has 1 saturated heterocycles. The lowest BCUT2D eigenvalue weighted by molar-refractivity contribution is -0.302. The number of allylic oxidation sites excluding steroid dienone is 4. The summed E-state index contributed by atoms with van der Waals surface area (Å²) in [6, 6.07) is -1.03. The Morgan fingerprint density at radius 2 is 1.27 bits per heavy atom. The number of carbonyl (C=O) groups excluding carboxylic acids is 1. The highest BCUT2D eigenvalue weighted by Gasteiger charge is 2.44. The first-order chi connectivity index (χ1) is 24.7. The minimum Gasteiger partial charge on any atom is -0.394 e. The van der Waals surface area contributed by atoms with Crippen molar-refractivity contribution >= 4 is 5.91 Å². The average Bonchev–Trinajstić information content (AvgIpc) is 3.12. The first-order valence-corrected chi connectivity index (χ1v) is 20.2. The first kappa shape index (κ1) is 47.4. The van der Waals surface area contributed by atoms with Gasteiger partial charge in [-0.2, -0.15) is 0 Å². The molecule has 1 aliphatic rings. The van der Waals surface area contributed by atoms with E-state index in [4.69, 9.17) is 9.47 Å². The van der Waals surface area contributed by atoms with Gasteiger partial charge in [-0.3, -0.25) is 4.79 Å². The van der Waals surface area contributed by atoms with E-state index in [0.717, 1.165) is 32.1 Å². The van der Waals surface area contributed by atoms with Crippen molar-refractivity contribution < 1.29 is 44.9 Å². The van der Waals surface area contributed by atoms with Gasteiger partial charge < -0.3 is 45.4 Å². The van der Waals surface area contributed by atoms with Gasteiger partial charge >= 0.3 is 0 Å². The summed E-state index contributed by atoms with van der Waals surface area (Å²) in [5.74, 6) is -0.715. The molecule has 1 aliphatic heterocycles. The van der Waals surface area contributed by atoms with Gasteiger partial charge in [0.15, 0.2) is 12.4 Å². The molecule has 0 saturated carbocycles. The molecule has 0 aromatic carbocycles. The van der Waals surface area contributed by atoms with Crippen molar-refractivity contribution in [2.45, 2.75) is 205 Å². The Kier molecular flexibility index (Phi) is 28.6. The lowest BCUT2D eigenvalue weighted by Crippen LogP contribution is -2.60. The van der Waals surface area contributed by atoms with E-state index in [-0.39, 0.29) is 6.61 Å². The van der Waals surface area contributed by atoms with E-state index in [1.807, 2.05) is 6.08 Å². The quantitative estimate of drug-likeness (QED) is 0.0320. The maximum Gasteiger partial charge on any atom is 0.253 e. The van der Waals surface area contributed by atoms with Gasteiger partial charge in [0.25, 0.3) is 5.91 Å². The molecular weight excluding hydrogens is 650 g/mol. The minimum atomic E-state index is -1.62. The molecule has 0 radical (unpaired) electrons. The molecular formula is C41H75NO9. The second kappa shape index (κ2) is 30.8. The van der Waals surface area contributed by atoms with Crippen molar-refractivity contribution in [1.29, 1.82) is 0 Å². The van der Waals surface area contributed by atoms with Crippen molar-refractivity contribution in [3.63, 3.8) is 0 Å². The molecule has 0 bridgehead atoms. The molecule has 0 aromatic heterocycles. The second-order valence-electron chi connectivity index (χ2n) is 14.4. The van der Waals surface area contributed by atoms with Crippen molar-refractivity contribution in [3.05, 3.63) is 36.0 Å². The third kappa shape index (κ3) is 22.2. The van der Waals surface area contributed by atoms with Crippen molar-refractivity contribution in [2.75, 3.05) is 13.2 Å². The fourth-order valence-electron chi connectivity index (χ4n) is 6.22. The van der Waals surface area contributed by atoms with E-state index >= 15 is 0 Å². The topological polar surface area (TPSA) is 169 Å². The Morgan fingerprint density at radius 3 is 1.86 bits per heavy atom. The van der Waals surface area contributed by atoms with E-state index in [1.165, 1.54) is 108 Å². The van der Waals surface area contributed by atoms with Crippen LogP contribution in [0.25, 0.3) is 0 Å². The van der Waals surface area contributed by atoms with Crippen LogP contribution in [0.2, 0.25) is 0 Å². The first-order valence-electron chi connectivity index (χ1n) is 20.2. The zero-order valence-electron chi connectivity index (χ0n) is 32.2. The van der Waals surface area contributed by atoms with Gasteiger partial charge in [0, 0.05) is 0 Å². The maximum absolute atomic E-state index is 12.9. The zero-order valence-corrected chi connectivity index (χ0v) is 32.2. The van der Waals surface area contributed by atoms with Gasteiger partial charge in [-0.1, -0.05) is 146 Å². The fourth-order valence-corrected chi connectivity index (χ4v) is 6.22. The summed E-state index contributed by atoms with van der Waals surface area (Å²) in [7, 11) is 0. The molecule has 0 spiro atoms. The van der Waals surface area contributed by atoms with Gasteiger partial charge in [-0.05, 0) is 45.4 Å². The van der Waals surface area contributed by atoms with Crippen LogP contribution in [-0.2, 0) is 14.3 Å². The van der Waals surface area contributed by atoms with E-state index < -0.39 is 61.5 Å². The Morgan fingerprint density at radius 1 is 0.725 bits per heavy atom. The second-order valence-corrected chi connectivity index (χ2v) is 14.4. The summed E-state index contributed by atoms with van der Waals surface area (Å²) in [5, 5.41) is 64.3. The highest BCUT2D eigenvalue weighted by Crippen LogP contribution is 2.22. The number of ether oxygens (including phenoxy) is 2. The minimum absolute atomic E-state index is 0.341. The summed E-state index contributed by atoms with van der Waals surface area (Å²) in [6.45, 7) is 5.65. The highest BCUT2D eigenvalue weighted by atomic mass is 16.7. The predicted molar refractivity (Wildman–Crippen MR) is 204 cm³/mol. The number of aliphatic hydroxyl groups is 6. The zero-order chi connectivity index (χ0) is 37.7. The molecule has 7 N–H and O–H groups in total. The van der Waals surface area contributed by atoms with Crippen LogP contribution in [0.3, 0.4) is 0 Å². The van der Waals surface area contributed by atoms with Crippen LogP contribution < -0.4 is 5.32 Å². The van der Waals surface area contributed by atoms with E-state index in [1.54, 1.807) is 12.2 Å². The highest BCUT2D eigenvalue weighted by molar-refractivity contribution is 5.82. The number of aliphatic hydroxyl groups excluding tert-OH is 6. The van der Waals surface area contributed by atoms with Crippen LogP contribution in [0, 0.1) is 0 Å². The van der Waals surface area contributed by atoms with Crippen LogP contribution in [0.1, 0.15) is 156 Å². The molecule has 51 heavy (non-hydrogen) atoms. The lowest BCUT2D eigenvalue weighted by Gasteiger charge is -2.40. The molecule has 1 amide bonds. The summed E-state index contributed by atoms with van der Waals surface area (Å²) in [5.41, 5.74) is 1.35. The SMILES string of the molecule is CCCCCCCCCCCC/C=C/C(O)C(=O)NC(CO[C@@H]1O[C@H](CO)[C@@H](O)[C@H](O)[C@H]1O)C(O)/C=C/CC/C=C(\C)CCCCCCCCC. The largest absolute Gasteiger partial charge is 0.394 e. The van der Waals surface area contributed by atoms with Gasteiger partial charge in [0.1, 0.15) is 24.4 Å². The molecule has 298 valence electrons. The summed E-state index contributed by atoms with van der Waals surface area (Å²) >= 11 is 0. The fraction of sp³-hybridized carbons (Fsp3) is 0.829. The monoisotopic (exact) mass is 726 g/mol. The molecule has 10 heteroatoms. The average molecular weight is 726 g/mol.